The van der Waals surface area contributed by atoms with Crippen molar-refractivity contribution in [1.29, 1.82) is 0 Å². The predicted molar refractivity (Wildman–Crippen MR) is 115 cm³/mol. The number of nitrogens with one attached hydrogen (secondary N) is 4. The lowest BCUT2D eigenvalue weighted by Crippen LogP contribution is -2.32. The molecule has 8 nitrogen and oxygen atoms in total. The van der Waals surface area contributed by atoms with Gasteiger partial charge in [0.2, 0.25) is 5.91 Å². The van der Waals surface area contributed by atoms with Gasteiger partial charge in [-0.25, -0.2) is 17.6 Å². The van der Waals surface area contributed by atoms with Gasteiger partial charge in [0.15, 0.2) is 0 Å². The molecule has 0 atom stereocenters. The summed E-state index contributed by atoms with van der Waals surface area (Å²) >= 11 is 0. The van der Waals surface area contributed by atoms with Gasteiger partial charge in [0.25, 0.3) is 10.0 Å². The van der Waals surface area contributed by atoms with Crippen molar-refractivity contribution in [3.8, 4) is 0 Å². The summed E-state index contributed by atoms with van der Waals surface area (Å²) in [6.07, 6.45) is 0. The molecule has 2 aromatic carbocycles. The first-order chi connectivity index (χ1) is 14.1. The molecule has 3 amide bonds. The summed E-state index contributed by atoms with van der Waals surface area (Å²) in [7, 11) is -3.91. The molecular formula is C20H25FN4O4S. The van der Waals surface area contributed by atoms with Gasteiger partial charge >= 0.3 is 6.03 Å². The third kappa shape index (κ3) is 6.18. The number of hydrogen-bond donors (Lipinski definition) is 4. The highest BCUT2D eigenvalue weighted by atomic mass is 32.2. The topological polar surface area (TPSA) is 116 Å². The number of carbonyl (C=O) groups is 2. The van der Waals surface area contributed by atoms with Crippen molar-refractivity contribution in [1.82, 2.24) is 5.32 Å². The first-order valence-corrected chi connectivity index (χ1v) is 10.7. The maximum atomic E-state index is 12.9. The van der Waals surface area contributed by atoms with E-state index in [-0.39, 0.29) is 10.6 Å². The molecule has 0 saturated heterocycles. The van der Waals surface area contributed by atoms with Crippen molar-refractivity contribution in [2.45, 2.75) is 25.7 Å². The first kappa shape index (κ1) is 23.1. The molecule has 4 N–H and O–H groups in total. The van der Waals surface area contributed by atoms with Gasteiger partial charge in [0.05, 0.1) is 10.3 Å². The van der Waals surface area contributed by atoms with E-state index in [4.69, 9.17) is 0 Å². The van der Waals surface area contributed by atoms with Crippen molar-refractivity contribution in [2.24, 2.45) is 5.41 Å². The Labute approximate surface area is 175 Å². The lowest BCUT2D eigenvalue weighted by Gasteiger charge is -2.19. The molecule has 2 aromatic rings. The Bertz CT molecular complexity index is 1010. The van der Waals surface area contributed by atoms with Gasteiger partial charge in [-0.15, -0.1) is 0 Å². The fraction of sp³-hybridized carbons (Fsp3) is 0.300. The van der Waals surface area contributed by atoms with Gasteiger partial charge in [0, 0.05) is 23.6 Å². The molecule has 0 spiro atoms. The third-order valence-electron chi connectivity index (χ3n) is 4.08. The molecule has 162 valence electrons. The quantitative estimate of drug-likeness (QED) is 0.506. The zero-order valence-corrected chi connectivity index (χ0v) is 17.8. The average Bonchev–Trinajstić information content (AvgIpc) is 2.69. The maximum Gasteiger partial charge on any atom is 0.319 e. The molecule has 10 heteroatoms. The standard InChI is InChI=1S/C20H25FN4O4S/c1-4-22-19(27)24-16-6-5-7-17(12-16)30(28,29)25-15-10-8-14(9-11-15)23-18(26)20(2,3)13-21/h5-12,25H,4,13H2,1-3H3,(H,23,26)(H2,22,24,27). The number of anilines is 3. The molecule has 0 heterocycles. The maximum absolute atomic E-state index is 12.9. The molecule has 0 aliphatic carbocycles. The lowest BCUT2D eigenvalue weighted by molar-refractivity contribution is -0.124. The molecule has 0 fully saturated rings. The number of alkyl halides is 1. The van der Waals surface area contributed by atoms with Crippen molar-refractivity contribution in [3.63, 3.8) is 0 Å². The lowest BCUT2D eigenvalue weighted by atomic mass is 9.94. The monoisotopic (exact) mass is 436 g/mol. The highest BCUT2D eigenvalue weighted by Crippen LogP contribution is 2.23. The van der Waals surface area contributed by atoms with Crippen LogP contribution in [-0.2, 0) is 14.8 Å². The molecule has 0 saturated carbocycles. The normalized spacial score (nSPS) is 11.5. The van der Waals surface area contributed by atoms with Crippen LogP contribution in [0.15, 0.2) is 53.4 Å². The summed E-state index contributed by atoms with van der Waals surface area (Å²) in [5.74, 6) is -0.477. The Hall–Kier alpha value is -3.14. The van der Waals surface area contributed by atoms with E-state index in [1.54, 1.807) is 13.0 Å². The van der Waals surface area contributed by atoms with E-state index in [2.05, 4.69) is 20.7 Å². The Morgan fingerprint density at radius 3 is 2.20 bits per heavy atom. The van der Waals surface area contributed by atoms with Crippen molar-refractivity contribution in [2.75, 3.05) is 28.6 Å². The second-order valence-corrected chi connectivity index (χ2v) is 8.85. The molecule has 2 rings (SSSR count). The number of urea groups is 1. The highest BCUT2D eigenvalue weighted by Gasteiger charge is 2.27. The van der Waals surface area contributed by atoms with E-state index >= 15 is 0 Å². The van der Waals surface area contributed by atoms with Crippen molar-refractivity contribution in [3.05, 3.63) is 48.5 Å². The number of sulfonamides is 1. The van der Waals surface area contributed by atoms with Crippen LogP contribution in [0.5, 0.6) is 0 Å². The Kier molecular flexibility index (Phi) is 7.38. The number of amides is 3. The first-order valence-electron chi connectivity index (χ1n) is 9.22. The Morgan fingerprint density at radius 1 is 0.967 bits per heavy atom. The van der Waals surface area contributed by atoms with Gasteiger partial charge in [0.1, 0.15) is 6.67 Å². The van der Waals surface area contributed by atoms with Crippen LogP contribution in [0.3, 0.4) is 0 Å². The molecule has 0 aromatic heterocycles. The number of halogens is 1. The fourth-order valence-electron chi connectivity index (χ4n) is 2.27. The highest BCUT2D eigenvalue weighted by molar-refractivity contribution is 7.92. The van der Waals surface area contributed by atoms with Crippen LogP contribution in [-0.4, -0.2) is 33.6 Å². The van der Waals surface area contributed by atoms with E-state index in [1.165, 1.54) is 56.3 Å². The summed E-state index contributed by atoms with van der Waals surface area (Å²) in [4.78, 5) is 23.6. The minimum atomic E-state index is -3.91. The Morgan fingerprint density at radius 2 is 1.60 bits per heavy atom. The third-order valence-corrected chi connectivity index (χ3v) is 5.46. The number of benzene rings is 2. The number of rotatable bonds is 8. The van der Waals surface area contributed by atoms with Gasteiger partial charge in [-0.2, -0.15) is 0 Å². The van der Waals surface area contributed by atoms with Crippen LogP contribution >= 0.6 is 0 Å². The van der Waals surface area contributed by atoms with Crippen LogP contribution in [0, 0.1) is 5.41 Å². The van der Waals surface area contributed by atoms with E-state index in [0.717, 1.165) is 0 Å². The van der Waals surface area contributed by atoms with Crippen molar-refractivity contribution < 1.29 is 22.4 Å². The molecule has 0 aliphatic heterocycles. The molecular weight excluding hydrogens is 411 g/mol. The zero-order chi connectivity index (χ0) is 22.4. The van der Waals surface area contributed by atoms with E-state index < -0.39 is 34.1 Å². The average molecular weight is 437 g/mol. The van der Waals surface area contributed by atoms with E-state index in [9.17, 15) is 22.4 Å². The number of carbonyl (C=O) groups excluding carboxylic acids is 2. The zero-order valence-electron chi connectivity index (χ0n) is 17.0. The minimum Gasteiger partial charge on any atom is -0.338 e. The van der Waals surface area contributed by atoms with Crippen LogP contribution in [0.25, 0.3) is 0 Å². The predicted octanol–water partition coefficient (Wildman–Crippen LogP) is 3.56. The minimum absolute atomic E-state index is 0.0288. The van der Waals surface area contributed by atoms with E-state index in [1.807, 2.05) is 0 Å². The molecule has 0 radical (unpaired) electrons. The smallest absolute Gasteiger partial charge is 0.319 e. The summed E-state index contributed by atoms with van der Waals surface area (Å²) in [5, 5.41) is 7.70. The largest absolute Gasteiger partial charge is 0.338 e. The van der Waals surface area contributed by atoms with Gasteiger partial charge in [-0.05, 0) is 63.2 Å². The number of hydrogen-bond acceptors (Lipinski definition) is 4. The molecule has 30 heavy (non-hydrogen) atoms. The molecule has 0 unspecified atom stereocenters. The van der Waals surface area contributed by atoms with Gasteiger partial charge < -0.3 is 16.0 Å². The SMILES string of the molecule is CCNC(=O)Nc1cccc(S(=O)(=O)Nc2ccc(NC(=O)C(C)(C)CF)cc2)c1. The van der Waals surface area contributed by atoms with Gasteiger partial charge in [-0.3, -0.25) is 9.52 Å². The van der Waals surface area contributed by atoms with Crippen molar-refractivity contribution >= 4 is 39.0 Å². The summed E-state index contributed by atoms with van der Waals surface area (Å²) < 4.78 is 40.6. The van der Waals surface area contributed by atoms with Crippen LogP contribution in [0.4, 0.5) is 26.2 Å². The van der Waals surface area contributed by atoms with Crippen LogP contribution < -0.4 is 20.7 Å². The molecule has 0 aliphatic rings. The second-order valence-electron chi connectivity index (χ2n) is 7.17. The summed E-state index contributed by atoms with van der Waals surface area (Å²) in [6, 6.07) is 11.4. The fourth-order valence-corrected chi connectivity index (χ4v) is 3.38. The Balaban J connectivity index is 2.10. The van der Waals surface area contributed by atoms with Gasteiger partial charge in [-0.1, -0.05) is 6.07 Å². The summed E-state index contributed by atoms with van der Waals surface area (Å²) in [6.45, 7) is 4.38. The second kappa shape index (κ2) is 9.57. The van der Waals surface area contributed by atoms with Crippen LogP contribution in [0.1, 0.15) is 20.8 Å². The summed E-state index contributed by atoms with van der Waals surface area (Å²) in [5.41, 5.74) is -0.136. The van der Waals surface area contributed by atoms with Crippen LogP contribution in [0.2, 0.25) is 0 Å². The molecule has 0 bridgehead atoms. The van der Waals surface area contributed by atoms with E-state index in [0.29, 0.717) is 17.9 Å².